The van der Waals surface area contributed by atoms with Crippen LogP contribution in [0.25, 0.3) is 6.08 Å². The lowest BCUT2D eigenvalue weighted by Crippen LogP contribution is -2.50. The summed E-state index contributed by atoms with van der Waals surface area (Å²) in [4.78, 5) is 14.5. The maximum absolute atomic E-state index is 12.7. The van der Waals surface area contributed by atoms with Crippen LogP contribution in [0, 0.1) is 6.92 Å². The van der Waals surface area contributed by atoms with E-state index in [2.05, 4.69) is 0 Å². The number of methoxy groups -OCH3 is 1. The Hall–Kier alpha value is -2.64. The molecule has 0 unspecified atom stereocenters. The van der Waals surface area contributed by atoms with Gasteiger partial charge in [0, 0.05) is 37.8 Å². The summed E-state index contributed by atoms with van der Waals surface area (Å²) in [7, 11) is -1.93. The van der Waals surface area contributed by atoms with Crippen molar-refractivity contribution in [2.24, 2.45) is 0 Å². The molecular formula is C21H24N2O4S. The van der Waals surface area contributed by atoms with Crippen molar-refractivity contribution in [2.75, 3.05) is 33.3 Å². The molecule has 3 rings (SSSR count). The molecule has 28 heavy (non-hydrogen) atoms. The minimum Gasteiger partial charge on any atom is -0.496 e. The predicted molar refractivity (Wildman–Crippen MR) is 109 cm³/mol. The highest BCUT2D eigenvalue weighted by atomic mass is 32.2. The number of benzene rings is 2. The Labute approximate surface area is 166 Å². The van der Waals surface area contributed by atoms with E-state index in [1.54, 1.807) is 48.4 Å². The summed E-state index contributed by atoms with van der Waals surface area (Å²) in [6, 6.07) is 14.1. The number of ether oxygens (including phenoxy) is 1. The monoisotopic (exact) mass is 400 g/mol. The number of hydrogen-bond acceptors (Lipinski definition) is 4. The number of hydrogen-bond donors (Lipinski definition) is 0. The van der Waals surface area contributed by atoms with Gasteiger partial charge in [-0.3, -0.25) is 4.79 Å². The summed E-state index contributed by atoms with van der Waals surface area (Å²) in [6.07, 6.45) is 3.25. The van der Waals surface area contributed by atoms with Gasteiger partial charge in [-0.2, -0.15) is 4.31 Å². The van der Waals surface area contributed by atoms with Crippen molar-refractivity contribution < 1.29 is 17.9 Å². The molecule has 7 heteroatoms. The van der Waals surface area contributed by atoms with Gasteiger partial charge in [0.25, 0.3) is 0 Å². The van der Waals surface area contributed by atoms with Crippen LogP contribution in [0.15, 0.2) is 59.5 Å². The molecule has 1 aliphatic heterocycles. The fourth-order valence-electron chi connectivity index (χ4n) is 3.14. The molecule has 0 aliphatic carbocycles. The summed E-state index contributed by atoms with van der Waals surface area (Å²) >= 11 is 0. The first-order valence-corrected chi connectivity index (χ1v) is 10.5. The van der Waals surface area contributed by atoms with Crippen LogP contribution in [-0.2, 0) is 14.8 Å². The molecule has 0 spiro atoms. The minimum atomic E-state index is -3.52. The first-order chi connectivity index (χ1) is 13.4. The molecule has 0 atom stereocenters. The highest BCUT2D eigenvalue weighted by Crippen LogP contribution is 2.21. The largest absolute Gasteiger partial charge is 0.496 e. The second-order valence-electron chi connectivity index (χ2n) is 6.62. The van der Waals surface area contributed by atoms with Crippen LogP contribution in [0.4, 0.5) is 0 Å². The van der Waals surface area contributed by atoms with Crippen LogP contribution >= 0.6 is 0 Å². The van der Waals surface area contributed by atoms with E-state index >= 15 is 0 Å². The molecule has 1 heterocycles. The number of carbonyl (C=O) groups excluding carboxylic acids is 1. The van der Waals surface area contributed by atoms with Gasteiger partial charge in [0.1, 0.15) is 5.75 Å². The highest BCUT2D eigenvalue weighted by Gasteiger charge is 2.29. The molecule has 0 saturated carbocycles. The van der Waals surface area contributed by atoms with Gasteiger partial charge in [0.05, 0.1) is 12.0 Å². The number of aryl methyl sites for hydroxylation is 1. The average Bonchev–Trinajstić information content (AvgIpc) is 2.73. The van der Waals surface area contributed by atoms with Crippen LogP contribution in [0.5, 0.6) is 5.75 Å². The maximum Gasteiger partial charge on any atom is 0.246 e. The van der Waals surface area contributed by atoms with Crippen molar-refractivity contribution in [3.05, 3.63) is 65.7 Å². The third-order valence-corrected chi connectivity index (χ3v) is 6.63. The number of carbonyl (C=O) groups is 1. The molecule has 0 bridgehead atoms. The summed E-state index contributed by atoms with van der Waals surface area (Å²) < 4.78 is 32.1. The van der Waals surface area contributed by atoms with Gasteiger partial charge >= 0.3 is 0 Å². The molecule has 6 nitrogen and oxygen atoms in total. The van der Waals surface area contributed by atoms with Crippen molar-refractivity contribution in [2.45, 2.75) is 11.8 Å². The second-order valence-corrected chi connectivity index (χ2v) is 8.56. The zero-order valence-electron chi connectivity index (χ0n) is 16.0. The summed E-state index contributed by atoms with van der Waals surface area (Å²) in [5, 5.41) is 0. The van der Waals surface area contributed by atoms with E-state index < -0.39 is 10.0 Å². The van der Waals surface area contributed by atoms with Crippen molar-refractivity contribution >= 4 is 22.0 Å². The Kier molecular flexibility index (Phi) is 6.16. The summed E-state index contributed by atoms with van der Waals surface area (Å²) in [6.45, 7) is 3.26. The van der Waals surface area contributed by atoms with Crippen molar-refractivity contribution in [1.29, 1.82) is 0 Å². The fraction of sp³-hybridized carbons (Fsp3) is 0.286. The lowest BCUT2D eigenvalue weighted by molar-refractivity contribution is -0.127. The highest BCUT2D eigenvalue weighted by molar-refractivity contribution is 7.89. The lowest BCUT2D eigenvalue weighted by atomic mass is 10.1. The molecule has 0 radical (unpaired) electrons. The molecule has 2 aromatic carbocycles. The average molecular weight is 401 g/mol. The Morgan fingerprint density at radius 1 is 1.04 bits per heavy atom. The Morgan fingerprint density at radius 2 is 1.71 bits per heavy atom. The molecule has 1 saturated heterocycles. The van der Waals surface area contributed by atoms with E-state index in [1.165, 1.54) is 10.4 Å². The second kappa shape index (κ2) is 8.58. The fourth-order valence-corrected chi connectivity index (χ4v) is 4.58. The third kappa shape index (κ3) is 4.43. The van der Waals surface area contributed by atoms with E-state index in [1.807, 2.05) is 25.1 Å². The quantitative estimate of drug-likeness (QED) is 0.724. The predicted octanol–water partition coefficient (Wildman–Crippen LogP) is 2.55. The Morgan fingerprint density at radius 3 is 2.36 bits per heavy atom. The van der Waals surface area contributed by atoms with Gasteiger partial charge in [-0.15, -0.1) is 0 Å². The normalized spacial score (nSPS) is 15.7. The van der Waals surface area contributed by atoms with Gasteiger partial charge < -0.3 is 9.64 Å². The van der Waals surface area contributed by atoms with E-state index in [0.717, 1.165) is 11.1 Å². The number of amides is 1. The molecule has 148 valence electrons. The van der Waals surface area contributed by atoms with E-state index in [4.69, 9.17) is 4.74 Å². The lowest BCUT2D eigenvalue weighted by Gasteiger charge is -2.33. The van der Waals surface area contributed by atoms with Gasteiger partial charge in [0.2, 0.25) is 15.9 Å². The zero-order chi connectivity index (χ0) is 20.1. The maximum atomic E-state index is 12.7. The first-order valence-electron chi connectivity index (χ1n) is 9.08. The molecule has 0 aromatic heterocycles. The molecule has 1 fully saturated rings. The first kappa shape index (κ1) is 20.1. The number of sulfonamides is 1. The van der Waals surface area contributed by atoms with Crippen LogP contribution in [0.1, 0.15) is 11.1 Å². The van der Waals surface area contributed by atoms with Crippen molar-refractivity contribution in [1.82, 2.24) is 9.21 Å². The van der Waals surface area contributed by atoms with Gasteiger partial charge in [-0.05, 0) is 37.3 Å². The number of piperazine rings is 1. The summed E-state index contributed by atoms with van der Waals surface area (Å²) in [5.74, 6) is 0.564. The molecule has 1 amide bonds. The van der Waals surface area contributed by atoms with E-state index in [-0.39, 0.29) is 23.9 Å². The standard InChI is InChI=1S/C21H24N2O4S/c1-17-8-10-20(27-2)18(16-17)9-11-21(24)22-12-14-23(15-13-22)28(25,26)19-6-4-3-5-7-19/h3-11,16H,12-15H2,1-2H3/b11-9+. The van der Waals surface area contributed by atoms with Crippen LogP contribution in [0.3, 0.4) is 0 Å². The Balaban J connectivity index is 1.64. The Bertz CT molecular complexity index is 963. The third-order valence-electron chi connectivity index (χ3n) is 4.72. The van der Waals surface area contributed by atoms with Gasteiger partial charge in [0.15, 0.2) is 0 Å². The van der Waals surface area contributed by atoms with E-state index in [9.17, 15) is 13.2 Å². The van der Waals surface area contributed by atoms with Gasteiger partial charge in [-0.1, -0.05) is 29.8 Å². The summed E-state index contributed by atoms with van der Waals surface area (Å²) in [5.41, 5.74) is 1.91. The van der Waals surface area contributed by atoms with Crippen LogP contribution in [0.2, 0.25) is 0 Å². The van der Waals surface area contributed by atoms with E-state index in [0.29, 0.717) is 18.8 Å². The number of nitrogens with zero attached hydrogens (tertiary/aromatic N) is 2. The molecule has 2 aromatic rings. The van der Waals surface area contributed by atoms with Crippen molar-refractivity contribution in [3.8, 4) is 5.75 Å². The van der Waals surface area contributed by atoms with Crippen LogP contribution < -0.4 is 4.74 Å². The van der Waals surface area contributed by atoms with Crippen molar-refractivity contribution in [3.63, 3.8) is 0 Å². The van der Waals surface area contributed by atoms with Gasteiger partial charge in [-0.25, -0.2) is 8.42 Å². The zero-order valence-corrected chi connectivity index (χ0v) is 16.9. The molecule has 0 N–H and O–H groups in total. The molecule has 1 aliphatic rings. The van der Waals surface area contributed by atoms with Crippen LogP contribution in [-0.4, -0.2) is 56.8 Å². The topological polar surface area (TPSA) is 66.9 Å². The SMILES string of the molecule is COc1ccc(C)cc1/C=C/C(=O)N1CCN(S(=O)(=O)c2ccccc2)CC1. The smallest absolute Gasteiger partial charge is 0.246 e. The number of rotatable bonds is 5. The molecular weight excluding hydrogens is 376 g/mol. The minimum absolute atomic E-state index is 0.139.